The van der Waals surface area contributed by atoms with Gasteiger partial charge in [-0.15, -0.1) is 0 Å². The number of hydrogen-bond acceptors (Lipinski definition) is 3. The Morgan fingerprint density at radius 3 is 2.67 bits per heavy atom. The molecule has 1 atom stereocenters. The summed E-state index contributed by atoms with van der Waals surface area (Å²) in [5, 5.41) is 0.835. The van der Waals surface area contributed by atoms with Gasteiger partial charge >= 0.3 is 0 Å². The van der Waals surface area contributed by atoms with Crippen LogP contribution in [0.4, 0.5) is 5.69 Å². The van der Waals surface area contributed by atoms with E-state index >= 15 is 0 Å². The fraction of sp³-hybridized carbons (Fsp3) is 0.571. The van der Waals surface area contributed by atoms with E-state index < -0.39 is 0 Å². The van der Waals surface area contributed by atoms with Gasteiger partial charge in [-0.25, -0.2) is 0 Å². The Labute approximate surface area is 118 Å². The van der Waals surface area contributed by atoms with Crippen LogP contribution in [0.3, 0.4) is 0 Å². The van der Waals surface area contributed by atoms with Crippen LogP contribution >= 0.6 is 23.4 Å². The molecule has 2 heterocycles. The molecule has 2 aliphatic heterocycles. The fourth-order valence-electron chi connectivity index (χ4n) is 2.83. The van der Waals surface area contributed by atoms with Gasteiger partial charge in [-0.3, -0.25) is 4.90 Å². The van der Waals surface area contributed by atoms with E-state index in [0.29, 0.717) is 0 Å². The highest BCUT2D eigenvalue weighted by Gasteiger charge is 2.26. The van der Waals surface area contributed by atoms with Gasteiger partial charge < -0.3 is 4.90 Å². The van der Waals surface area contributed by atoms with Crippen molar-refractivity contribution in [3.8, 4) is 0 Å². The van der Waals surface area contributed by atoms with Crippen LogP contribution in [0.25, 0.3) is 0 Å². The number of halogens is 1. The zero-order valence-electron chi connectivity index (χ0n) is 10.5. The average Bonchev–Trinajstić information content (AvgIpc) is 2.93. The molecular weight excluding hydrogens is 264 g/mol. The standard InChI is InChI=1S/C14H19ClN2S/c15-12-2-1-3-13(10-12)16-5-7-17(8-6-16)14-4-9-18-11-14/h1-3,10,14H,4-9,11H2/t14-/m1/s1. The molecule has 3 rings (SSSR count). The Balaban J connectivity index is 1.59. The molecule has 2 nitrogen and oxygen atoms in total. The van der Waals surface area contributed by atoms with Crippen LogP contribution in [0.1, 0.15) is 6.42 Å². The third-order valence-corrected chi connectivity index (χ3v) is 5.29. The highest BCUT2D eigenvalue weighted by atomic mass is 35.5. The van der Waals surface area contributed by atoms with E-state index in [1.54, 1.807) is 0 Å². The summed E-state index contributed by atoms with van der Waals surface area (Å²) < 4.78 is 0. The Kier molecular flexibility index (Phi) is 4.02. The summed E-state index contributed by atoms with van der Waals surface area (Å²) in [6.45, 7) is 4.64. The van der Waals surface area contributed by atoms with Crippen molar-refractivity contribution in [2.75, 3.05) is 42.6 Å². The lowest BCUT2D eigenvalue weighted by Gasteiger charge is -2.39. The normalized spacial score (nSPS) is 25.6. The maximum Gasteiger partial charge on any atom is 0.0426 e. The van der Waals surface area contributed by atoms with Crippen molar-refractivity contribution in [2.24, 2.45) is 0 Å². The van der Waals surface area contributed by atoms with Crippen molar-refractivity contribution in [1.29, 1.82) is 0 Å². The zero-order chi connectivity index (χ0) is 12.4. The molecule has 2 aliphatic rings. The van der Waals surface area contributed by atoms with Gasteiger partial charge in [-0.05, 0) is 30.4 Å². The molecule has 0 unspecified atom stereocenters. The van der Waals surface area contributed by atoms with Gasteiger partial charge in [0, 0.05) is 48.7 Å². The number of nitrogens with zero attached hydrogens (tertiary/aromatic N) is 2. The number of anilines is 1. The molecule has 2 saturated heterocycles. The zero-order valence-corrected chi connectivity index (χ0v) is 12.1. The molecule has 4 heteroatoms. The quantitative estimate of drug-likeness (QED) is 0.823. The molecule has 0 aliphatic carbocycles. The molecule has 0 saturated carbocycles. The van der Waals surface area contributed by atoms with Crippen LogP contribution in [0.2, 0.25) is 5.02 Å². The van der Waals surface area contributed by atoms with Crippen molar-refractivity contribution < 1.29 is 0 Å². The first kappa shape index (κ1) is 12.6. The molecular formula is C14H19ClN2S. The van der Waals surface area contributed by atoms with Gasteiger partial charge in [0.2, 0.25) is 0 Å². The second-order valence-corrected chi connectivity index (χ2v) is 6.61. The number of thioether (sulfide) groups is 1. The lowest BCUT2D eigenvalue weighted by atomic mass is 10.2. The Morgan fingerprint density at radius 1 is 1.17 bits per heavy atom. The minimum absolute atomic E-state index is 0.830. The second-order valence-electron chi connectivity index (χ2n) is 5.02. The van der Waals surface area contributed by atoms with Crippen molar-refractivity contribution in [2.45, 2.75) is 12.5 Å². The number of rotatable bonds is 2. The van der Waals surface area contributed by atoms with E-state index in [-0.39, 0.29) is 0 Å². The van der Waals surface area contributed by atoms with Gasteiger partial charge in [-0.2, -0.15) is 11.8 Å². The van der Waals surface area contributed by atoms with Crippen LogP contribution in [-0.2, 0) is 0 Å². The Morgan fingerprint density at radius 2 is 2.00 bits per heavy atom. The van der Waals surface area contributed by atoms with E-state index in [9.17, 15) is 0 Å². The predicted octanol–water partition coefficient (Wildman–Crippen LogP) is 2.97. The lowest BCUT2D eigenvalue weighted by Crippen LogP contribution is -2.50. The van der Waals surface area contributed by atoms with Crippen LogP contribution in [0, 0.1) is 0 Å². The van der Waals surface area contributed by atoms with Crippen molar-refractivity contribution >= 4 is 29.1 Å². The summed E-state index contributed by atoms with van der Waals surface area (Å²) in [5.74, 6) is 2.68. The lowest BCUT2D eigenvalue weighted by molar-refractivity contribution is 0.201. The third-order valence-electron chi connectivity index (χ3n) is 3.91. The Bertz CT molecular complexity index is 399. The molecule has 0 amide bonds. The first-order valence-electron chi connectivity index (χ1n) is 6.65. The molecule has 98 valence electrons. The summed E-state index contributed by atoms with van der Waals surface area (Å²) in [4.78, 5) is 5.12. The highest BCUT2D eigenvalue weighted by molar-refractivity contribution is 7.99. The van der Waals surface area contributed by atoms with Gasteiger partial charge in [0.15, 0.2) is 0 Å². The SMILES string of the molecule is Clc1cccc(N2CCN([C@@H]3CCSC3)CC2)c1. The van der Waals surface area contributed by atoms with Gasteiger partial charge in [-0.1, -0.05) is 17.7 Å². The van der Waals surface area contributed by atoms with E-state index in [0.717, 1.165) is 24.2 Å². The second kappa shape index (κ2) is 5.72. The topological polar surface area (TPSA) is 6.48 Å². The average molecular weight is 283 g/mol. The minimum Gasteiger partial charge on any atom is -0.369 e. The molecule has 0 aromatic heterocycles. The molecule has 0 bridgehead atoms. The van der Waals surface area contributed by atoms with Gasteiger partial charge in [0.1, 0.15) is 0 Å². The molecule has 0 N–H and O–H groups in total. The maximum absolute atomic E-state index is 6.06. The summed E-state index contributed by atoms with van der Waals surface area (Å²) >= 11 is 8.16. The van der Waals surface area contributed by atoms with Crippen LogP contribution < -0.4 is 4.90 Å². The molecule has 0 spiro atoms. The molecule has 1 aromatic rings. The smallest absolute Gasteiger partial charge is 0.0426 e. The maximum atomic E-state index is 6.06. The van der Waals surface area contributed by atoms with E-state index in [1.807, 2.05) is 12.1 Å². The fourth-order valence-corrected chi connectivity index (χ4v) is 4.27. The van der Waals surface area contributed by atoms with E-state index in [1.165, 1.54) is 36.7 Å². The molecule has 18 heavy (non-hydrogen) atoms. The number of hydrogen-bond donors (Lipinski definition) is 0. The van der Waals surface area contributed by atoms with Crippen LogP contribution in [-0.4, -0.2) is 48.6 Å². The van der Waals surface area contributed by atoms with Gasteiger partial charge in [0.05, 0.1) is 0 Å². The summed E-state index contributed by atoms with van der Waals surface area (Å²) in [5.41, 5.74) is 1.27. The monoisotopic (exact) mass is 282 g/mol. The third kappa shape index (κ3) is 2.79. The van der Waals surface area contributed by atoms with Crippen molar-refractivity contribution in [1.82, 2.24) is 4.90 Å². The first-order chi connectivity index (χ1) is 8.83. The van der Waals surface area contributed by atoms with Crippen LogP contribution in [0.5, 0.6) is 0 Å². The number of benzene rings is 1. The van der Waals surface area contributed by atoms with Crippen molar-refractivity contribution in [3.05, 3.63) is 29.3 Å². The summed E-state index contributed by atoms with van der Waals surface area (Å²) in [7, 11) is 0. The minimum atomic E-state index is 0.830. The van der Waals surface area contributed by atoms with Crippen molar-refractivity contribution in [3.63, 3.8) is 0 Å². The summed E-state index contributed by atoms with van der Waals surface area (Å²) in [6.07, 6.45) is 1.38. The van der Waals surface area contributed by atoms with Gasteiger partial charge in [0.25, 0.3) is 0 Å². The molecule has 1 aromatic carbocycles. The van der Waals surface area contributed by atoms with Crippen LogP contribution in [0.15, 0.2) is 24.3 Å². The predicted molar refractivity (Wildman–Crippen MR) is 81.0 cm³/mol. The summed E-state index contributed by atoms with van der Waals surface area (Å²) in [6, 6.07) is 9.04. The van der Waals surface area contributed by atoms with E-state index in [2.05, 4.69) is 33.7 Å². The first-order valence-corrected chi connectivity index (χ1v) is 8.18. The largest absolute Gasteiger partial charge is 0.369 e. The molecule has 0 radical (unpaired) electrons. The molecule has 2 fully saturated rings. The van der Waals surface area contributed by atoms with E-state index in [4.69, 9.17) is 11.6 Å². The Hall–Kier alpha value is -0.380. The number of piperazine rings is 1. The highest BCUT2D eigenvalue weighted by Crippen LogP contribution is 2.25.